The van der Waals surface area contributed by atoms with E-state index >= 15 is 0 Å². The fraction of sp³-hybridized carbons (Fsp3) is 0.250. The predicted molar refractivity (Wildman–Crippen MR) is 120 cm³/mol. The summed E-state index contributed by atoms with van der Waals surface area (Å²) >= 11 is 0. The van der Waals surface area contributed by atoms with Crippen LogP contribution in [0.25, 0.3) is 11.1 Å². The smallest absolute Gasteiger partial charge is 0.399 e. The summed E-state index contributed by atoms with van der Waals surface area (Å²) in [6.07, 6.45) is 1.69. The van der Waals surface area contributed by atoms with Crippen LogP contribution in [0.4, 0.5) is 5.82 Å². The largest absolute Gasteiger partial charge is 0.494 e. The quantitative estimate of drug-likeness (QED) is 0.664. The molecule has 2 heterocycles. The molecule has 2 aromatic carbocycles. The van der Waals surface area contributed by atoms with Gasteiger partial charge in [0.15, 0.2) is 0 Å². The number of hydrogen-bond donors (Lipinski definition) is 1. The molecule has 1 saturated heterocycles. The first-order valence-corrected chi connectivity index (χ1v) is 10.0. The topological polar surface area (TPSA) is 60.5 Å². The second-order valence-corrected chi connectivity index (χ2v) is 8.46. The second-order valence-electron chi connectivity index (χ2n) is 8.46. The highest BCUT2D eigenvalue weighted by molar-refractivity contribution is 6.62. The Morgan fingerprint density at radius 3 is 2.13 bits per heavy atom. The van der Waals surface area contributed by atoms with Crippen LogP contribution in [0.2, 0.25) is 0 Å². The molecule has 1 aromatic heterocycles. The van der Waals surface area contributed by atoms with Gasteiger partial charge in [-0.2, -0.15) is 0 Å². The molecule has 0 atom stereocenters. The fourth-order valence-corrected chi connectivity index (χ4v) is 3.27. The molecule has 1 amide bonds. The maximum atomic E-state index is 12.7. The number of anilines is 1. The van der Waals surface area contributed by atoms with Crippen LogP contribution in [0.3, 0.4) is 0 Å². The van der Waals surface area contributed by atoms with E-state index < -0.39 is 18.3 Å². The Hall–Kier alpha value is -2.96. The van der Waals surface area contributed by atoms with Gasteiger partial charge in [-0.1, -0.05) is 42.5 Å². The van der Waals surface area contributed by atoms with E-state index in [9.17, 15) is 4.79 Å². The lowest BCUT2D eigenvalue weighted by atomic mass is 9.79. The minimum absolute atomic E-state index is 0.215. The number of carbonyl (C=O) groups is 1. The molecule has 0 unspecified atom stereocenters. The number of amides is 1. The van der Waals surface area contributed by atoms with Gasteiger partial charge in [0, 0.05) is 11.8 Å². The molecule has 152 valence electrons. The minimum atomic E-state index is -0.448. The van der Waals surface area contributed by atoms with Crippen LogP contribution < -0.4 is 10.8 Å². The highest BCUT2D eigenvalue weighted by Gasteiger charge is 2.51. The third-order valence-electron chi connectivity index (χ3n) is 5.81. The number of nitrogens with one attached hydrogen (secondary N) is 1. The van der Waals surface area contributed by atoms with E-state index in [4.69, 9.17) is 9.31 Å². The van der Waals surface area contributed by atoms with Crippen LogP contribution >= 0.6 is 0 Å². The van der Waals surface area contributed by atoms with Gasteiger partial charge in [0.05, 0.1) is 11.2 Å². The number of carbonyl (C=O) groups excluding carboxylic acids is 1. The van der Waals surface area contributed by atoms with Gasteiger partial charge in [0.2, 0.25) is 0 Å². The first kappa shape index (κ1) is 20.3. The van der Waals surface area contributed by atoms with E-state index in [1.807, 2.05) is 82.3 Å². The van der Waals surface area contributed by atoms with Crippen LogP contribution in [0.15, 0.2) is 72.9 Å². The van der Waals surface area contributed by atoms with Gasteiger partial charge >= 0.3 is 7.12 Å². The zero-order chi connectivity index (χ0) is 21.4. The van der Waals surface area contributed by atoms with Crippen LogP contribution in [-0.4, -0.2) is 29.2 Å². The molecule has 0 saturated carbocycles. The summed E-state index contributed by atoms with van der Waals surface area (Å²) in [7, 11) is -0.448. The van der Waals surface area contributed by atoms with Crippen LogP contribution in [-0.2, 0) is 9.31 Å². The highest BCUT2D eigenvalue weighted by Crippen LogP contribution is 2.36. The first-order chi connectivity index (χ1) is 14.2. The maximum absolute atomic E-state index is 12.7. The Balaban J connectivity index is 1.46. The molecule has 0 spiro atoms. The summed E-state index contributed by atoms with van der Waals surface area (Å²) in [5.41, 5.74) is 2.70. The molecule has 1 fully saturated rings. The third-order valence-corrected chi connectivity index (χ3v) is 5.81. The van der Waals surface area contributed by atoms with Gasteiger partial charge < -0.3 is 14.6 Å². The third kappa shape index (κ3) is 4.02. The summed E-state index contributed by atoms with van der Waals surface area (Å²) < 4.78 is 12.1. The Labute approximate surface area is 177 Å². The lowest BCUT2D eigenvalue weighted by molar-refractivity contribution is 0.00578. The predicted octanol–water partition coefficient (Wildman–Crippen LogP) is 4.30. The minimum Gasteiger partial charge on any atom is -0.399 e. The Bertz CT molecular complexity index is 1030. The highest BCUT2D eigenvalue weighted by atomic mass is 16.7. The first-order valence-electron chi connectivity index (χ1n) is 10.0. The summed E-state index contributed by atoms with van der Waals surface area (Å²) in [6.45, 7) is 8.08. The molecule has 5 nitrogen and oxygen atoms in total. The van der Waals surface area contributed by atoms with Crippen molar-refractivity contribution >= 4 is 24.3 Å². The van der Waals surface area contributed by atoms with Crippen molar-refractivity contribution in [3.63, 3.8) is 0 Å². The summed E-state index contributed by atoms with van der Waals surface area (Å²) in [6, 6.07) is 21.1. The van der Waals surface area contributed by atoms with E-state index in [0.29, 0.717) is 11.4 Å². The van der Waals surface area contributed by atoms with Gasteiger partial charge in [-0.25, -0.2) is 4.98 Å². The van der Waals surface area contributed by atoms with Crippen LogP contribution in [0, 0.1) is 0 Å². The molecule has 0 aliphatic carbocycles. The van der Waals surface area contributed by atoms with Crippen molar-refractivity contribution in [2.75, 3.05) is 5.32 Å². The van der Waals surface area contributed by atoms with Gasteiger partial charge in [0.25, 0.3) is 5.91 Å². The van der Waals surface area contributed by atoms with Crippen molar-refractivity contribution in [1.82, 2.24) is 4.98 Å². The van der Waals surface area contributed by atoms with E-state index in [2.05, 4.69) is 10.3 Å². The van der Waals surface area contributed by atoms with Gasteiger partial charge in [-0.3, -0.25) is 4.79 Å². The van der Waals surface area contributed by atoms with Crippen LogP contribution in [0.5, 0.6) is 0 Å². The summed E-state index contributed by atoms with van der Waals surface area (Å²) in [5.74, 6) is 0.296. The lowest BCUT2D eigenvalue weighted by Crippen LogP contribution is -2.41. The molecular formula is C24H25BN2O3. The summed E-state index contributed by atoms with van der Waals surface area (Å²) in [4.78, 5) is 17.0. The van der Waals surface area contributed by atoms with Crippen molar-refractivity contribution in [2.24, 2.45) is 0 Å². The SMILES string of the molecule is CC1(C)OB(c2ccc(C(=O)Nc3cc(-c4ccccc4)ccn3)cc2)OC1(C)C. The van der Waals surface area contributed by atoms with Crippen LogP contribution in [0.1, 0.15) is 38.1 Å². The van der Waals surface area contributed by atoms with E-state index in [1.165, 1.54) is 0 Å². The zero-order valence-electron chi connectivity index (χ0n) is 17.7. The van der Waals surface area contributed by atoms with E-state index in [-0.39, 0.29) is 5.91 Å². The van der Waals surface area contributed by atoms with Crippen molar-refractivity contribution in [3.05, 3.63) is 78.5 Å². The monoisotopic (exact) mass is 400 g/mol. The molecule has 0 radical (unpaired) electrons. The van der Waals surface area contributed by atoms with Gasteiger partial charge in [0.1, 0.15) is 5.82 Å². The lowest BCUT2D eigenvalue weighted by Gasteiger charge is -2.32. The fourth-order valence-electron chi connectivity index (χ4n) is 3.27. The molecule has 1 aliphatic rings. The van der Waals surface area contributed by atoms with Crippen molar-refractivity contribution < 1.29 is 14.1 Å². The average Bonchev–Trinajstić information content (AvgIpc) is 2.96. The number of nitrogens with zero attached hydrogens (tertiary/aromatic N) is 1. The van der Waals surface area contributed by atoms with Crippen molar-refractivity contribution in [3.8, 4) is 11.1 Å². The molecular weight excluding hydrogens is 375 g/mol. The number of rotatable bonds is 4. The molecule has 6 heteroatoms. The Morgan fingerprint density at radius 2 is 1.50 bits per heavy atom. The van der Waals surface area contributed by atoms with E-state index in [1.54, 1.807) is 18.3 Å². The van der Waals surface area contributed by atoms with E-state index in [0.717, 1.165) is 16.6 Å². The zero-order valence-corrected chi connectivity index (χ0v) is 17.7. The maximum Gasteiger partial charge on any atom is 0.494 e. The van der Waals surface area contributed by atoms with Crippen molar-refractivity contribution in [1.29, 1.82) is 0 Å². The van der Waals surface area contributed by atoms with Gasteiger partial charge in [-0.15, -0.1) is 0 Å². The number of pyridine rings is 1. The average molecular weight is 400 g/mol. The molecule has 4 rings (SSSR count). The molecule has 30 heavy (non-hydrogen) atoms. The Kier molecular flexibility index (Phi) is 5.22. The normalized spacial score (nSPS) is 17.0. The Morgan fingerprint density at radius 1 is 0.867 bits per heavy atom. The molecule has 3 aromatic rings. The number of hydrogen-bond acceptors (Lipinski definition) is 4. The summed E-state index contributed by atoms with van der Waals surface area (Å²) in [5, 5.41) is 2.87. The van der Waals surface area contributed by atoms with Crippen molar-refractivity contribution in [2.45, 2.75) is 38.9 Å². The number of aromatic nitrogens is 1. The molecule has 1 aliphatic heterocycles. The standard InChI is InChI=1S/C24H25BN2O3/c1-23(2)24(3,4)30-25(29-23)20-12-10-18(11-13-20)22(28)27-21-16-19(14-15-26-21)17-8-6-5-7-9-17/h5-16H,1-4H3,(H,26,27,28). The molecule has 0 bridgehead atoms. The van der Waals surface area contributed by atoms with Gasteiger partial charge in [-0.05, 0) is 68.6 Å². The number of benzene rings is 2. The second kappa shape index (κ2) is 7.71. The molecule has 1 N–H and O–H groups in total.